The molecule has 1 aromatic rings. The Morgan fingerprint density at radius 2 is 2.08 bits per heavy atom. The lowest BCUT2D eigenvalue weighted by Crippen LogP contribution is -2.39. The monoisotopic (exact) mass is 369 g/mol. The van der Waals surface area contributed by atoms with Gasteiger partial charge in [0.05, 0.1) is 24.7 Å². The smallest absolute Gasteiger partial charge is 0.272 e. The number of amides is 1. The van der Waals surface area contributed by atoms with Crippen molar-refractivity contribution in [3.63, 3.8) is 0 Å². The molecule has 0 radical (unpaired) electrons. The number of hydrogen-bond acceptors (Lipinski definition) is 8. The fraction of sp³-hybridized carbons (Fsp3) is 0.667. The van der Waals surface area contributed by atoms with Gasteiger partial charge in [-0.2, -0.15) is 0 Å². The molecule has 2 aliphatic heterocycles. The maximum absolute atomic E-state index is 12.1. The molecule has 25 heavy (non-hydrogen) atoms. The Balaban J connectivity index is 1.44. The van der Waals surface area contributed by atoms with Crippen molar-refractivity contribution in [2.24, 2.45) is 0 Å². The number of nitrogens with zero attached hydrogens (tertiary/aromatic N) is 3. The van der Waals surface area contributed by atoms with Gasteiger partial charge in [0, 0.05) is 32.2 Å². The minimum atomic E-state index is -3.02. The number of morpholine rings is 1. The van der Waals surface area contributed by atoms with Crippen LogP contribution in [0, 0.1) is 0 Å². The van der Waals surface area contributed by atoms with E-state index in [0.717, 1.165) is 39.4 Å². The number of rotatable bonds is 6. The van der Waals surface area contributed by atoms with Crippen LogP contribution in [0.1, 0.15) is 16.9 Å². The van der Waals surface area contributed by atoms with E-state index in [0.29, 0.717) is 12.2 Å². The molecule has 0 aliphatic carbocycles. The topological polar surface area (TPSA) is 114 Å². The summed E-state index contributed by atoms with van der Waals surface area (Å²) in [4.78, 5) is 14.4. The lowest BCUT2D eigenvalue weighted by Gasteiger charge is -2.26. The molecular weight excluding hydrogens is 346 g/mol. The fourth-order valence-electron chi connectivity index (χ4n) is 2.88. The van der Waals surface area contributed by atoms with Gasteiger partial charge in [-0.1, -0.05) is 0 Å². The lowest BCUT2D eigenvalue weighted by molar-refractivity contribution is 0.0398. The Kier molecular flexibility index (Phi) is 5.82. The van der Waals surface area contributed by atoms with Crippen LogP contribution in [0.15, 0.2) is 12.1 Å². The summed E-state index contributed by atoms with van der Waals surface area (Å²) >= 11 is 0. The van der Waals surface area contributed by atoms with Gasteiger partial charge in [-0.05, 0) is 18.6 Å². The molecule has 0 spiro atoms. The van der Waals surface area contributed by atoms with Crippen molar-refractivity contribution in [1.29, 1.82) is 0 Å². The molecule has 2 aliphatic rings. The van der Waals surface area contributed by atoms with E-state index in [1.165, 1.54) is 0 Å². The van der Waals surface area contributed by atoms with Gasteiger partial charge in [-0.15, -0.1) is 10.2 Å². The van der Waals surface area contributed by atoms with Crippen molar-refractivity contribution in [3.05, 3.63) is 17.8 Å². The Hall–Kier alpha value is -1.78. The van der Waals surface area contributed by atoms with Crippen molar-refractivity contribution in [2.45, 2.75) is 12.5 Å². The van der Waals surface area contributed by atoms with Crippen LogP contribution in [0.3, 0.4) is 0 Å². The van der Waals surface area contributed by atoms with Crippen molar-refractivity contribution in [1.82, 2.24) is 20.4 Å². The van der Waals surface area contributed by atoms with E-state index in [9.17, 15) is 13.2 Å². The second-order valence-corrected chi connectivity index (χ2v) is 8.49. The van der Waals surface area contributed by atoms with E-state index >= 15 is 0 Å². The molecule has 0 saturated carbocycles. The van der Waals surface area contributed by atoms with Crippen molar-refractivity contribution in [2.75, 3.05) is 56.2 Å². The first-order chi connectivity index (χ1) is 12.0. The quantitative estimate of drug-likeness (QED) is 0.666. The summed E-state index contributed by atoms with van der Waals surface area (Å²) in [7, 11) is -3.02. The number of anilines is 1. The first-order valence-electron chi connectivity index (χ1n) is 8.41. The summed E-state index contributed by atoms with van der Waals surface area (Å²) in [5, 5.41) is 13.8. The van der Waals surface area contributed by atoms with Crippen LogP contribution in [0.5, 0.6) is 0 Å². The van der Waals surface area contributed by atoms with E-state index in [2.05, 4.69) is 25.7 Å². The maximum atomic E-state index is 12.1. The van der Waals surface area contributed by atoms with Crippen LogP contribution < -0.4 is 10.6 Å². The minimum Gasteiger partial charge on any atom is -0.379 e. The van der Waals surface area contributed by atoms with Gasteiger partial charge >= 0.3 is 0 Å². The number of ether oxygens (including phenoxy) is 1. The van der Waals surface area contributed by atoms with Gasteiger partial charge in [0.25, 0.3) is 5.91 Å². The van der Waals surface area contributed by atoms with Gasteiger partial charge < -0.3 is 15.4 Å². The fourth-order valence-corrected chi connectivity index (χ4v) is 4.56. The van der Waals surface area contributed by atoms with Crippen LogP contribution in [0.25, 0.3) is 0 Å². The molecule has 1 unspecified atom stereocenters. The zero-order valence-corrected chi connectivity index (χ0v) is 14.8. The molecular formula is C15H23N5O4S. The highest BCUT2D eigenvalue weighted by Gasteiger charge is 2.29. The molecule has 1 atom stereocenters. The first kappa shape index (κ1) is 18.0. The lowest BCUT2D eigenvalue weighted by atomic mass is 10.2. The maximum Gasteiger partial charge on any atom is 0.272 e. The number of carbonyl (C=O) groups excluding carboxylic acids is 1. The van der Waals surface area contributed by atoms with Crippen molar-refractivity contribution >= 4 is 21.6 Å². The number of nitrogens with one attached hydrogen (secondary N) is 2. The molecule has 0 aromatic carbocycles. The number of aromatic nitrogens is 2. The summed E-state index contributed by atoms with van der Waals surface area (Å²) < 4.78 is 28.1. The zero-order valence-electron chi connectivity index (χ0n) is 14.0. The summed E-state index contributed by atoms with van der Waals surface area (Å²) in [5.74, 6) is 0.325. The second-order valence-electron chi connectivity index (χ2n) is 6.26. The molecule has 2 fully saturated rings. The Morgan fingerprint density at radius 1 is 1.28 bits per heavy atom. The molecule has 1 amide bonds. The largest absolute Gasteiger partial charge is 0.379 e. The Morgan fingerprint density at radius 3 is 2.72 bits per heavy atom. The molecule has 0 bridgehead atoms. The van der Waals surface area contributed by atoms with Crippen LogP contribution >= 0.6 is 0 Å². The second kappa shape index (κ2) is 8.07. The number of carbonyl (C=O) groups is 1. The van der Waals surface area contributed by atoms with E-state index in [1.807, 2.05) is 0 Å². The zero-order chi connectivity index (χ0) is 17.7. The summed E-state index contributed by atoms with van der Waals surface area (Å²) in [6, 6.07) is 2.95. The molecule has 3 rings (SSSR count). The van der Waals surface area contributed by atoms with E-state index in [4.69, 9.17) is 4.74 Å². The Bertz CT molecular complexity index is 688. The SMILES string of the molecule is O=C(NC1CCS(=O)(=O)C1)c1ccc(NCCN2CCOCC2)nn1. The third-order valence-electron chi connectivity index (χ3n) is 4.30. The van der Waals surface area contributed by atoms with Gasteiger partial charge in [0.2, 0.25) is 0 Å². The third kappa shape index (κ3) is 5.35. The predicted octanol–water partition coefficient (Wildman–Crippen LogP) is -0.862. The third-order valence-corrected chi connectivity index (χ3v) is 6.07. The number of sulfone groups is 1. The predicted molar refractivity (Wildman–Crippen MR) is 92.3 cm³/mol. The van der Waals surface area contributed by atoms with Crippen molar-refractivity contribution in [3.8, 4) is 0 Å². The molecule has 9 nitrogen and oxygen atoms in total. The summed E-state index contributed by atoms with van der Waals surface area (Å²) in [5.41, 5.74) is 0.183. The first-order valence-corrected chi connectivity index (χ1v) is 10.2. The summed E-state index contributed by atoms with van der Waals surface area (Å²) in [6.07, 6.45) is 0.447. The molecule has 1 aromatic heterocycles. The van der Waals surface area contributed by atoms with Gasteiger partial charge in [0.1, 0.15) is 5.82 Å². The average molecular weight is 369 g/mol. The van der Waals surface area contributed by atoms with Gasteiger partial charge in [0.15, 0.2) is 15.5 Å². The van der Waals surface area contributed by atoms with E-state index < -0.39 is 15.7 Å². The van der Waals surface area contributed by atoms with Gasteiger partial charge in [-0.25, -0.2) is 8.42 Å². The highest BCUT2D eigenvalue weighted by atomic mass is 32.2. The minimum absolute atomic E-state index is 0.00660. The standard InChI is InChI=1S/C15H23N5O4S/c21-15(17-12-3-10-25(22,23)11-12)13-1-2-14(19-18-13)16-4-5-20-6-8-24-9-7-20/h1-2,12H,3-11H2,(H,16,19)(H,17,21). The van der Waals surface area contributed by atoms with Crippen molar-refractivity contribution < 1.29 is 17.9 Å². The normalized spacial score (nSPS) is 23.3. The highest BCUT2D eigenvalue weighted by molar-refractivity contribution is 7.91. The highest BCUT2D eigenvalue weighted by Crippen LogP contribution is 2.12. The summed E-state index contributed by atoms with van der Waals surface area (Å²) in [6.45, 7) is 5.04. The van der Waals surface area contributed by atoms with E-state index in [-0.39, 0.29) is 23.2 Å². The van der Waals surface area contributed by atoms with Crippen LogP contribution in [0.2, 0.25) is 0 Å². The van der Waals surface area contributed by atoms with Crippen LogP contribution in [-0.2, 0) is 14.6 Å². The molecule has 2 saturated heterocycles. The van der Waals surface area contributed by atoms with Crippen LogP contribution in [-0.4, -0.2) is 86.4 Å². The molecule has 138 valence electrons. The molecule has 10 heteroatoms. The Labute approximate surface area is 147 Å². The van der Waals surface area contributed by atoms with Gasteiger partial charge in [-0.3, -0.25) is 9.69 Å². The van der Waals surface area contributed by atoms with E-state index in [1.54, 1.807) is 12.1 Å². The molecule has 3 heterocycles. The van der Waals surface area contributed by atoms with Crippen LogP contribution in [0.4, 0.5) is 5.82 Å². The molecule has 2 N–H and O–H groups in total. The number of hydrogen-bond donors (Lipinski definition) is 2. The average Bonchev–Trinajstić information content (AvgIpc) is 2.95.